The Morgan fingerprint density at radius 1 is 1.29 bits per heavy atom. The van der Waals surface area contributed by atoms with Crippen molar-refractivity contribution in [3.05, 3.63) is 33.8 Å². The highest BCUT2D eigenvalue weighted by atomic mass is 35.5. The molecule has 0 unspecified atom stereocenters. The highest BCUT2D eigenvalue weighted by molar-refractivity contribution is 7.80. The Bertz CT molecular complexity index is 350. The van der Waals surface area contributed by atoms with Crippen LogP contribution in [0.1, 0.15) is 12.0 Å². The number of nitrogens with two attached hydrogens (primary N) is 1. The zero-order valence-electron chi connectivity index (χ0n) is 7.50. The second-order valence-electron chi connectivity index (χ2n) is 2.79. The van der Waals surface area contributed by atoms with Gasteiger partial charge >= 0.3 is 0 Å². The fourth-order valence-electron chi connectivity index (χ4n) is 0.993. The van der Waals surface area contributed by atoms with E-state index in [-0.39, 0.29) is 0 Å². The van der Waals surface area contributed by atoms with E-state index in [0.29, 0.717) is 15.7 Å². The van der Waals surface area contributed by atoms with Crippen LogP contribution < -0.4 is 5.73 Å². The van der Waals surface area contributed by atoms with E-state index in [1.165, 1.54) is 0 Å². The Balaban J connectivity index is 2.94. The van der Waals surface area contributed by atoms with Crippen LogP contribution in [-0.2, 0) is 0 Å². The van der Waals surface area contributed by atoms with E-state index < -0.39 is 0 Å². The van der Waals surface area contributed by atoms with Gasteiger partial charge in [-0.3, -0.25) is 0 Å². The van der Waals surface area contributed by atoms with E-state index in [1.807, 2.05) is 18.2 Å². The summed E-state index contributed by atoms with van der Waals surface area (Å²) in [6.07, 6.45) is 4.83. The fraction of sp³-hybridized carbons (Fsp3) is 0.200. The van der Waals surface area contributed by atoms with Gasteiger partial charge in [-0.2, -0.15) is 12.6 Å². The molecule has 0 saturated heterocycles. The third-order valence-electron chi connectivity index (χ3n) is 1.74. The summed E-state index contributed by atoms with van der Waals surface area (Å²) >= 11 is 16.0. The molecule has 1 nitrogen and oxygen atoms in total. The summed E-state index contributed by atoms with van der Waals surface area (Å²) in [5.41, 5.74) is 6.98. The molecular weight excluding hydrogens is 237 g/mol. The van der Waals surface area contributed by atoms with Gasteiger partial charge in [0.2, 0.25) is 0 Å². The number of nitrogen functional groups attached to an aromatic ring is 1. The monoisotopic (exact) mass is 247 g/mol. The number of halogens is 2. The number of hydrogen-bond acceptors (Lipinski definition) is 2. The van der Waals surface area contributed by atoms with Crippen LogP contribution in [0.4, 0.5) is 5.69 Å². The molecule has 0 aromatic heterocycles. The summed E-state index contributed by atoms with van der Waals surface area (Å²) < 4.78 is 0. The molecular formula is C10H11Cl2NS. The van der Waals surface area contributed by atoms with Crippen molar-refractivity contribution < 1.29 is 0 Å². The molecule has 76 valence electrons. The summed E-state index contributed by atoms with van der Waals surface area (Å²) in [6, 6.07) is 3.59. The topological polar surface area (TPSA) is 26.0 Å². The zero-order chi connectivity index (χ0) is 10.6. The van der Waals surface area contributed by atoms with Gasteiger partial charge in [-0.15, -0.1) is 0 Å². The SMILES string of the molecule is Nc1ccc(C=CCCS)c(Cl)c1Cl. The Kier molecular flexibility index (Phi) is 4.66. The standard InChI is InChI=1S/C10H11Cl2NS/c11-9-7(3-1-2-6-14)4-5-8(13)10(9)12/h1,3-5,14H,2,6,13H2. The molecule has 0 radical (unpaired) electrons. The van der Waals surface area contributed by atoms with Crippen molar-refractivity contribution in [2.45, 2.75) is 6.42 Å². The van der Waals surface area contributed by atoms with Crippen LogP contribution in [0.15, 0.2) is 18.2 Å². The van der Waals surface area contributed by atoms with Gasteiger partial charge in [0.15, 0.2) is 0 Å². The van der Waals surface area contributed by atoms with E-state index in [9.17, 15) is 0 Å². The van der Waals surface area contributed by atoms with E-state index in [2.05, 4.69) is 12.6 Å². The number of thiol groups is 1. The minimum Gasteiger partial charge on any atom is -0.397 e. The van der Waals surface area contributed by atoms with Crippen molar-refractivity contribution in [3.63, 3.8) is 0 Å². The van der Waals surface area contributed by atoms with Gasteiger partial charge in [0, 0.05) is 0 Å². The van der Waals surface area contributed by atoms with Crippen molar-refractivity contribution >= 4 is 47.6 Å². The summed E-state index contributed by atoms with van der Waals surface area (Å²) in [4.78, 5) is 0. The van der Waals surface area contributed by atoms with Gasteiger partial charge < -0.3 is 5.73 Å². The Morgan fingerprint density at radius 2 is 2.00 bits per heavy atom. The highest BCUT2D eigenvalue weighted by Crippen LogP contribution is 2.31. The molecule has 1 aromatic carbocycles. The molecule has 2 N–H and O–H groups in total. The van der Waals surface area contributed by atoms with Crippen LogP contribution in [0.5, 0.6) is 0 Å². The number of anilines is 1. The van der Waals surface area contributed by atoms with E-state index in [4.69, 9.17) is 28.9 Å². The molecule has 0 atom stereocenters. The van der Waals surface area contributed by atoms with Crippen molar-refractivity contribution in [1.29, 1.82) is 0 Å². The maximum absolute atomic E-state index is 6.00. The summed E-state index contributed by atoms with van der Waals surface area (Å²) in [5, 5.41) is 0.918. The van der Waals surface area contributed by atoms with Gasteiger partial charge in [0.25, 0.3) is 0 Å². The largest absolute Gasteiger partial charge is 0.397 e. The average Bonchev–Trinajstić information content (AvgIpc) is 2.18. The van der Waals surface area contributed by atoms with Gasteiger partial charge in [-0.1, -0.05) is 41.4 Å². The number of rotatable bonds is 3. The lowest BCUT2D eigenvalue weighted by Crippen LogP contribution is -1.88. The molecule has 0 spiro atoms. The maximum atomic E-state index is 6.00. The molecule has 0 saturated carbocycles. The van der Waals surface area contributed by atoms with Crippen molar-refractivity contribution in [2.75, 3.05) is 11.5 Å². The van der Waals surface area contributed by atoms with Crippen LogP contribution in [-0.4, -0.2) is 5.75 Å². The fourth-order valence-corrected chi connectivity index (χ4v) is 1.55. The van der Waals surface area contributed by atoms with Crippen LogP contribution >= 0.6 is 35.8 Å². The minimum atomic E-state index is 0.416. The highest BCUT2D eigenvalue weighted by Gasteiger charge is 2.04. The van der Waals surface area contributed by atoms with Crippen molar-refractivity contribution in [3.8, 4) is 0 Å². The first-order chi connectivity index (χ1) is 6.66. The number of allylic oxidation sites excluding steroid dienone is 1. The quantitative estimate of drug-likeness (QED) is 0.615. The molecule has 0 aliphatic carbocycles. The third kappa shape index (κ3) is 2.84. The summed E-state index contributed by atoms with van der Waals surface area (Å²) in [5.74, 6) is 0.816. The van der Waals surface area contributed by atoms with Crippen molar-refractivity contribution in [2.24, 2.45) is 0 Å². The molecule has 4 heteroatoms. The second-order valence-corrected chi connectivity index (χ2v) is 3.99. The normalized spacial score (nSPS) is 11.1. The molecule has 1 aromatic rings. The van der Waals surface area contributed by atoms with Crippen LogP contribution in [0, 0.1) is 0 Å². The lowest BCUT2D eigenvalue weighted by molar-refractivity contribution is 1.26. The second kappa shape index (κ2) is 5.54. The van der Waals surface area contributed by atoms with E-state index in [0.717, 1.165) is 17.7 Å². The smallest absolute Gasteiger partial charge is 0.0827 e. The van der Waals surface area contributed by atoms with Gasteiger partial charge in [-0.25, -0.2) is 0 Å². The van der Waals surface area contributed by atoms with Gasteiger partial charge in [-0.05, 0) is 23.8 Å². The van der Waals surface area contributed by atoms with Crippen molar-refractivity contribution in [1.82, 2.24) is 0 Å². The minimum absolute atomic E-state index is 0.416. The predicted octanol–water partition coefficient (Wildman–Crippen LogP) is 3.91. The Hall–Kier alpha value is -0.310. The average molecular weight is 248 g/mol. The molecule has 0 amide bonds. The van der Waals surface area contributed by atoms with Gasteiger partial charge in [0.05, 0.1) is 15.7 Å². The Labute approximate surface area is 99.3 Å². The first kappa shape index (κ1) is 11.8. The van der Waals surface area contributed by atoms with Crippen LogP contribution in [0.3, 0.4) is 0 Å². The molecule has 0 aliphatic heterocycles. The third-order valence-corrected chi connectivity index (χ3v) is 2.90. The summed E-state index contributed by atoms with van der Waals surface area (Å²) in [7, 11) is 0. The van der Waals surface area contributed by atoms with E-state index >= 15 is 0 Å². The van der Waals surface area contributed by atoms with Crippen LogP contribution in [0.2, 0.25) is 10.0 Å². The lowest BCUT2D eigenvalue weighted by atomic mass is 10.2. The van der Waals surface area contributed by atoms with Crippen LogP contribution in [0.25, 0.3) is 6.08 Å². The van der Waals surface area contributed by atoms with E-state index in [1.54, 1.807) is 6.07 Å². The lowest BCUT2D eigenvalue weighted by Gasteiger charge is -2.03. The molecule has 1 rings (SSSR count). The molecule has 0 heterocycles. The first-order valence-electron chi connectivity index (χ1n) is 4.17. The molecule has 14 heavy (non-hydrogen) atoms. The van der Waals surface area contributed by atoms with Gasteiger partial charge in [0.1, 0.15) is 0 Å². The number of benzene rings is 1. The molecule has 0 fully saturated rings. The molecule has 0 aliphatic rings. The molecule has 0 bridgehead atoms. The predicted molar refractivity (Wildman–Crippen MR) is 68.4 cm³/mol. The number of hydrogen-bond donors (Lipinski definition) is 2. The Morgan fingerprint density at radius 3 is 2.64 bits per heavy atom. The summed E-state index contributed by atoms with van der Waals surface area (Å²) in [6.45, 7) is 0. The zero-order valence-corrected chi connectivity index (χ0v) is 9.91. The maximum Gasteiger partial charge on any atom is 0.0827 e. The first-order valence-corrected chi connectivity index (χ1v) is 5.56.